The number of carbonyl (C=O) groups is 2. The van der Waals surface area contributed by atoms with Crippen LogP contribution in [0.2, 0.25) is 5.02 Å². The third-order valence-electron chi connectivity index (χ3n) is 4.37. The van der Waals surface area contributed by atoms with Gasteiger partial charge in [0.1, 0.15) is 0 Å². The molecule has 3 rings (SSSR count). The van der Waals surface area contributed by atoms with Crippen molar-refractivity contribution in [1.82, 2.24) is 20.1 Å². The summed E-state index contributed by atoms with van der Waals surface area (Å²) in [5.41, 5.74) is 2.30. The number of hydrogen-bond acceptors (Lipinski definition) is 5. The second-order valence-corrected chi connectivity index (χ2v) is 8.86. The molecular formula is C21H21BrClN5O2S. The Bertz CT molecular complexity index is 1090. The van der Waals surface area contributed by atoms with Gasteiger partial charge in [0, 0.05) is 22.3 Å². The molecular weight excluding hydrogens is 502 g/mol. The Morgan fingerprint density at radius 1 is 1.16 bits per heavy atom. The summed E-state index contributed by atoms with van der Waals surface area (Å²) in [4.78, 5) is 24.6. The molecule has 0 spiro atoms. The van der Waals surface area contributed by atoms with E-state index in [0.29, 0.717) is 33.8 Å². The van der Waals surface area contributed by atoms with E-state index in [1.807, 2.05) is 30.5 Å². The van der Waals surface area contributed by atoms with E-state index < -0.39 is 0 Å². The molecule has 10 heteroatoms. The molecule has 0 aliphatic heterocycles. The molecule has 1 aromatic heterocycles. The number of thioether (sulfide) groups is 1. The molecule has 7 nitrogen and oxygen atoms in total. The van der Waals surface area contributed by atoms with Gasteiger partial charge in [-0.1, -0.05) is 41.1 Å². The number of rotatable bonds is 8. The minimum Gasteiger partial charge on any atom is -0.345 e. The van der Waals surface area contributed by atoms with Crippen molar-refractivity contribution in [3.05, 3.63) is 68.9 Å². The van der Waals surface area contributed by atoms with E-state index in [1.54, 1.807) is 30.3 Å². The number of anilines is 1. The molecule has 0 bridgehead atoms. The second kappa shape index (κ2) is 10.8. The molecule has 1 heterocycles. The van der Waals surface area contributed by atoms with Crippen LogP contribution in [0.15, 0.2) is 52.1 Å². The predicted molar refractivity (Wildman–Crippen MR) is 127 cm³/mol. The summed E-state index contributed by atoms with van der Waals surface area (Å²) >= 11 is 10.7. The van der Waals surface area contributed by atoms with Crippen molar-refractivity contribution in [2.24, 2.45) is 0 Å². The van der Waals surface area contributed by atoms with Crippen LogP contribution in [0.3, 0.4) is 0 Å². The summed E-state index contributed by atoms with van der Waals surface area (Å²) in [6, 6.07) is 12.6. The zero-order valence-corrected chi connectivity index (χ0v) is 20.1. The number of aromatic nitrogens is 3. The third-order valence-corrected chi connectivity index (χ3v) is 6.57. The second-order valence-electron chi connectivity index (χ2n) is 6.66. The van der Waals surface area contributed by atoms with Crippen molar-refractivity contribution in [1.29, 1.82) is 0 Å². The number of aryl methyl sites for hydroxylation is 1. The maximum absolute atomic E-state index is 12.3. The lowest BCUT2D eigenvalue weighted by molar-refractivity contribution is -0.113. The van der Waals surface area contributed by atoms with Crippen molar-refractivity contribution in [2.75, 3.05) is 11.1 Å². The molecule has 0 atom stereocenters. The Morgan fingerprint density at radius 3 is 2.58 bits per heavy atom. The number of benzene rings is 2. The number of halogens is 2. The van der Waals surface area contributed by atoms with E-state index in [9.17, 15) is 9.59 Å². The lowest BCUT2D eigenvalue weighted by Gasteiger charge is -2.09. The Balaban J connectivity index is 1.56. The van der Waals surface area contributed by atoms with Gasteiger partial charge in [-0.05, 0) is 60.1 Å². The lowest BCUT2D eigenvalue weighted by Crippen LogP contribution is -2.24. The van der Waals surface area contributed by atoms with Crippen LogP contribution in [0.5, 0.6) is 0 Å². The van der Waals surface area contributed by atoms with E-state index in [2.05, 4.69) is 36.8 Å². The molecule has 2 amide bonds. The Hall–Kier alpha value is -2.36. The van der Waals surface area contributed by atoms with Gasteiger partial charge < -0.3 is 15.2 Å². The lowest BCUT2D eigenvalue weighted by atomic mass is 10.1. The van der Waals surface area contributed by atoms with Gasteiger partial charge in [0.2, 0.25) is 5.91 Å². The minimum absolute atomic E-state index is 0.168. The minimum atomic E-state index is -0.178. The predicted octanol–water partition coefficient (Wildman–Crippen LogP) is 4.68. The molecule has 0 fully saturated rings. The molecule has 2 aromatic carbocycles. The summed E-state index contributed by atoms with van der Waals surface area (Å²) < 4.78 is 2.64. The zero-order chi connectivity index (χ0) is 22.4. The van der Waals surface area contributed by atoms with Crippen LogP contribution in [0.1, 0.15) is 28.7 Å². The molecule has 0 aliphatic rings. The molecule has 0 radical (unpaired) electrons. The van der Waals surface area contributed by atoms with E-state index in [1.165, 1.54) is 11.8 Å². The highest BCUT2D eigenvalue weighted by atomic mass is 79.9. The first-order chi connectivity index (χ1) is 14.9. The fourth-order valence-electron chi connectivity index (χ4n) is 2.74. The van der Waals surface area contributed by atoms with Gasteiger partial charge in [0.15, 0.2) is 11.0 Å². The van der Waals surface area contributed by atoms with Gasteiger partial charge in [-0.2, -0.15) is 0 Å². The number of nitrogens with one attached hydrogen (secondary N) is 2. The molecule has 3 aromatic rings. The van der Waals surface area contributed by atoms with Gasteiger partial charge in [0.25, 0.3) is 5.91 Å². The van der Waals surface area contributed by atoms with E-state index >= 15 is 0 Å². The van der Waals surface area contributed by atoms with Crippen molar-refractivity contribution in [2.45, 2.75) is 32.1 Å². The number of hydrogen-bond donors (Lipinski definition) is 2. The van der Waals surface area contributed by atoms with Crippen LogP contribution < -0.4 is 10.6 Å². The van der Waals surface area contributed by atoms with E-state index in [0.717, 1.165) is 10.0 Å². The zero-order valence-electron chi connectivity index (χ0n) is 17.0. The van der Waals surface area contributed by atoms with Gasteiger partial charge >= 0.3 is 0 Å². The Labute approximate surface area is 198 Å². The standard InChI is InChI=1S/C21H21BrClN5O2S/c1-3-28-18(11-24-20(30)14-6-4-13(2)5-7-14)26-27-21(28)31-12-19(29)25-15-8-9-16(22)17(23)10-15/h4-10H,3,11-12H2,1-2H3,(H,24,30)(H,25,29). The van der Waals surface area contributed by atoms with Crippen molar-refractivity contribution in [3.8, 4) is 0 Å². The third kappa shape index (κ3) is 6.32. The molecule has 0 aliphatic carbocycles. The maximum Gasteiger partial charge on any atom is 0.251 e. The summed E-state index contributed by atoms with van der Waals surface area (Å²) in [5.74, 6) is 0.447. The van der Waals surface area contributed by atoms with Gasteiger partial charge in [-0.15, -0.1) is 10.2 Å². The van der Waals surface area contributed by atoms with Crippen LogP contribution in [0.25, 0.3) is 0 Å². The normalized spacial score (nSPS) is 10.7. The van der Waals surface area contributed by atoms with Crippen LogP contribution in [0, 0.1) is 6.92 Å². The number of amides is 2. The number of nitrogens with zero attached hydrogens (tertiary/aromatic N) is 3. The summed E-state index contributed by atoms with van der Waals surface area (Å²) in [6.07, 6.45) is 0. The fraction of sp³-hybridized carbons (Fsp3) is 0.238. The number of carbonyl (C=O) groups excluding carboxylic acids is 2. The highest BCUT2D eigenvalue weighted by Gasteiger charge is 2.15. The quantitative estimate of drug-likeness (QED) is 0.419. The topological polar surface area (TPSA) is 88.9 Å². The smallest absolute Gasteiger partial charge is 0.251 e. The first-order valence-corrected chi connectivity index (χ1v) is 11.7. The highest BCUT2D eigenvalue weighted by Crippen LogP contribution is 2.26. The van der Waals surface area contributed by atoms with Crippen LogP contribution in [-0.2, 0) is 17.9 Å². The van der Waals surface area contributed by atoms with Gasteiger partial charge in [-0.3, -0.25) is 9.59 Å². The summed E-state index contributed by atoms with van der Waals surface area (Å²) in [6.45, 7) is 4.80. The van der Waals surface area contributed by atoms with Crippen molar-refractivity contribution >= 4 is 56.8 Å². The van der Waals surface area contributed by atoms with Gasteiger partial charge in [0.05, 0.1) is 17.3 Å². The molecule has 0 unspecified atom stereocenters. The van der Waals surface area contributed by atoms with Crippen molar-refractivity contribution in [3.63, 3.8) is 0 Å². The monoisotopic (exact) mass is 521 g/mol. The first kappa shape index (κ1) is 23.3. The molecule has 162 valence electrons. The van der Waals surface area contributed by atoms with E-state index in [4.69, 9.17) is 11.6 Å². The van der Waals surface area contributed by atoms with Gasteiger partial charge in [-0.25, -0.2) is 0 Å². The largest absolute Gasteiger partial charge is 0.345 e. The maximum atomic E-state index is 12.3. The van der Waals surface area contributed by atoms with Crippen LogP contribution in [-0.4, -0.2) is 32.3 Å². The molecule has 2 N–H and O–H groups in total. The fourth-order valence-corrected chi connectivity index (χ4v) is 3.99. The summed E-state index contributed by atoms with van der Waals surface area (Å²) in [7, 11) is 0. The highest BCUT2D eigenvalue weighted by molar-refractivity contribution is 9.10. The van der Waals surface area contributed by atoms with Crippen LogP contribution >= 0.6 is 39.3 Å². The summed E-state index contributed by atoms with van der Waals surface area (Å²) in [5, 5.41) is 15.2. The Morgan fingerprint density at radius 2 is 1.90 bits per heavy atom. The average molecular weight is 523 g/mol. The molecule has 31 heavy (non-hydrogen) atoms. The first-order valence-electron chi connectivity index (χ1n) is 9.52. The van der Waals surface area contributed by atoms with Crippen molar-refractivity contribution < 1.29 is 9.59 Å². The SMILES string of the molecule is CCn1c(CNC(=O)c2ccc(C)cc2)nnc1SCC(=O)Nc1ccc(Br)c(Cl)c1. The van der Waals surface area contributed by atoms with Crippen LogP contribution in [0.4, 0.5) is 5.69 Å². The molecule has 0 saturated carbocycles. The average Bonchev–Trinajstić information content (AvgIpc) is 3.15. The Kier molecular flexibility index (Phi) is 8.11. The van der Waals surface area contributed by atoms with E-state index in [-0.39, 0.29) is 24.1 Å². The molecule has 0 saturated heterocycles.